The Bertz CT molecular complexity index is 2420. The highest BCUT2D eigenvalue weighted by Gasteiger charge is 2.43. The van der Waals surface area contributed by atoms with E-state index in [0.717, 1.165) is 16.3 Å². The number of hydrogen-bond donors (Lipinski definition) is 5. The Morgan fingerprint density at radius 2 is 1.49 bits per heavy atom. The second-order valence-electron chi connectivity index (χ2n) is 13.7. The molecule has 0 amide bonds. The van der Waals surface area contributed by atoms with Crippen molar-refractivity contribution in [2.75, 3.05) is 23.1 Å². The van der Waals surface area contributed by atoms with Crippen molar-refractivity contribution >= 4 is 54.4 Å². The van der Waals surface area contributed by atoms with Crippen LogP contribution in [-0.4, -0.2) is 39.1 Å². The summed E-state index contributed by atoms with van der Waals surface area (Å²) in [6, 6.07) is 29.1. The van der Waals surface area contributed by atoms with Gasteiger partial charge in [-0.3, -0.25) is 0 Å². The molecule has 2 atom stereocenters. The molecule has 2 unspecified atom stereocenters. The number of ether oxygens (including phenoxy) is 1. The molecule has 8 rings (SSSR count). The zero-order valence-electron chi connectivity index (χ0n) is 30.1. The van der Waals surface area contributed by atoms with Gasteiger partial charge in [0.25, 0.3) is 0 Å². The van der Waals surface area contributed by atoms with E-state index in [9.17, 15) is 25.9 Å². The standard InChI is InChI=1S/C35H30N4O7S2.C6H13N/c1-46-31-17-9-8-16-25(31)37-27-19-29-26(21-33(27)48(43,44)45)38-35-24-15-10-18-32(47(40,41)42)34(24)28(36-22-11-4-2-5-12-22)20-30(35)39(29)23-13-6-3-7-14-23;7-6-4-2-1-3-5-6/h2-19,21,24,36-38H,20H2,1H3,(H,40,41,42)(H,43,44,45);6H,1-5,7H2/p-1. The zero-order valence-corrected chi connectivity index (χ0v) is 31.8. The number of rotatable bonds is 8. The lowest BCUT2D eigenvalue weighted by Gasteiger charge is -2.40. The smallest absolute Gasteiger partial charge is 0.167 e. The van der Waals surface area contributed by atoms with E-state index >= 15 is 0 Å². The maximum Gasteiger partial charge on any atom is 0.167 e. The van der Waals surface area contributed by atoms with Crippen molar-refractivity contribution in [2.24, 2.45) is 11.7 Å². The van der Waals surface area contributed by atoms with Gasteiger partial charge in [0.05, 0.1) is 46.3 Å². The van der Waals surface area contributed by atoms with Crippen LogP contribution in [0.4, 0.5) is 34.1 Å². The van der Waals surface area contributed by atoms with Gasteiger partial charge < -0.3 is 35.5 Å². The molecule has 12 nitrogen and oxygen atoms in total. The van der Waals surface area contributed by atoms with E-state index < -0.39 is 31.0 Å². The van der Waals surface area contributed by atoms with Gasteiger partial charge in [-0.1, -0.05) is 79.9 Å². The Balaban J connectivity index is 0.000000599. The molecule has 4 aromatic carbocycles. The highest BCUT2D eigenvalue weighted by Crippen LogP contribution is 2.46. The molecule has 4 aromatic rings. The number of methoxy groups -OCH3 is 1. The summed E-state index contributed by atoms with van der Waals surface area (Å²) in [5.74, 6) is -0.267. The fourth-order valence-corrected chi connectivity index (χ4v) is 9.00. The van der Waals surface area contributed by atoms with Crippen LogP contribution in [0.3, 0.4) is 0 Å². The second kappa shape index (κ2) is 15.9. The second-order valence-corrected chi connectivity index (χ2v) is 16.4. The molecule has 55 heavy (non-hydrogen) atoms. The van der Waals surface area contributed by atoms with E-state index in [2.05, 4.69) is 16.0 Å². The topological polar surface area (TPSA) is 190 Å². The van der Waals surface area contributed by atoms with Gasteiger partial charge in [-0.25, -0.2) is 21.7 Å². The van der Waals surface area contributed by atoms with E-state index in [4.69, 9.17) is 10.5 Å². The molecule has 4 aliphatic rings. The summed E-state index contributed by atoms with van der Waals surface area (Å²) < 4.78 is 81.4. The number of nitrogens with two attached hydrogens (primary N) is 1. The number of nitrogens with one attached hydrogen (secondary N) is 4. The average molecular weight is 781 g/mol. The number of allylic oxidation sites excluding steroid dienone is 4. The summed E-state index contributed by atoms with van der Waals surface area (Å²) in [6.07, 6.45) is 11.5. The number of fused-ring (bicyclic) bond motifs is 3. The van der Waals surface area contributed by atoms with Crippen LogP contribution in [-0.2, 0) is 20.2 Å². The monoisotopic (exact) mass is 780 g/mol. The molecule has 1 saturated carbocycles. The lowest BCUT2D eigenvalue weighted by molar-refractivity contribution is -0.717. The van der Waals surface area contributed by atoms with Crippen LogP contribution in [0.1, 0.15) is 38.5 Å². The first-order chi connectivity index (χ1) is 26.4. The van der Waals surface area contributed by atoms with Crippen molar-refractivity contribution in [1.82, 2.24) is 0 Å². The van der Waals surface area contributed by atoms with Gasteiger partial charge in [-0.05, 0) is 61.4 Å². The fraction of sp³-hybridized carbons (Fsp3) is 0.220. The van der Waals surface area contributed by atoms with Crippen molar-refractivity contribution in [2.45, 2.75) is 49.5 Å². The van der Waals surface area contributed by atoms with E-state index in [0.29, 0.717) is 51.5 Å². The predicted octanol–water partition coefficient (Wildman–Crippen LogP) is 6.49. The average Bonchev–Trinajstić information content (AvgIpc) is 3.17. The number of para-hydroxylation sites is 4. The number of quaternary nitrogens is 1. The molecule has 14 heteroatoms. The molecule has 1 aliphatic heterocycles. The van der Waals surface area contributed by atoms with Crippen LogP contribution in [0.15, 0.2) is 148 Å². The van der Waals surface area contributed by atoms with Crippen LogP contribution >= 0.6 is 0 Å². The molecule has 1 heterocycles. The van der Waals surface area contributed by atoms with Crippen LogP contribution in [0.5, 0.6) is 5.75 Å². The third-order valence-electron chi connectivity index (χ3n) is 10.1. The van der Waals surface area contributed by atoms with Gasteiger partial charge in [0.15, 0.2) is 5.69 Å². The highest BCUT2D eigenvalue weighted by atomic mass is 32.2. The summed E-state index contributed by atoms with van der Waals surface area (Å²) in [5, 5.41) is 9.82. The van der Waals surface area contributed by atoms with E-state index in [1.807, 2.05) is 60.7 Å². The minimum atomic E-state index is -4.99. The van der Waals surface area contributed by atoms with Crippen LogP contribution in [0.2, 0.25) is 0 Å². The van der Waals surface area contributed by atoms with E-state index in [1.54, 1.807) is 36.4 Å². The van der Waals surface area contributed by atoms with Crippen LogP contribution < -0.4 is 31.3 Å². The van der Waals surface area contributed by atoms with E-state index in [1.165, 1.54) is 57.4 Å². The van der Waals surface area contributed by atoms with Crippen molar-refractivity contribution in [1.29, 1.82) is 0 Å². The Morgan fingerprint density at radius 3 is 2.13 bits per heavy atom. The van der Waals surface area contributed by atoms with Crippen molar-refractivity contribution < 1.29 is 35.6 Å². The van der Waals surface area contributed by atoms with Gasteiger partial charge >= 0.3 is 0 Å². The maximum absolute atomic E-state index is 12.7. The first-order valence-corrected chi connectivity index (χ1v) is 20.9. The predicted molar refractivity (Wildman–Crippen MR) is 211 cm³/mol. The Kier molecular flexibility index (Phi) is 11.0. The van der Waals surface area contributed by atoms with Crippen molar-refractivity contribution in [3.8, 4) is 5.75 Å². The molecule has 0 spiro atoms. The zero-order chi connectivity index (χ0) is 38.7. The van der Waals surface area contributed by atoms with E-state index in [-0.39, 0.29) is 17.0 Å². The van der Waals surface area contributed by atoms with Gasteiger partial charge in [0.2, 0.25) is 0 Å². The third kappa shape index (κ3) is 8.25. The summed E-state index contributed by atoms with van der Waals surface area (Å²) in [6.45, 7) is 0. The maximum atomic E-state index is 12.7. The fourth-order valence-electron chi connectivity index (χ4n) is 7.59. The Labute approximate surface area is 321 Å². The molecular weight excluding hydrogens is 739 g/mol. The summed E-state index contributed by atoms with van der Waals surface area (Å²) in [4.78, 5) is -0.0952. The lowest BCUT2D eigenvalue weighted by atomic mass is 9.81. The first kappa shape index (κ1) is 38.1. The van der Waals surface area contributed by atoms with Crippen LogP contribution in [0.25, 0.3) is 0 Å². The molecule has 0 saturated heterocycles. The molecule has 1 fully saturated rings. The molecule has 0 aromatic heterocycles. The van der Waals surface area contributed by atoms with Crippen molar-refractivity contribution in [3.05, 3.63) is 143 Å². The molecule has 286 valence electrons. The van der Waals surface area contributed by atoms with Crippen molar-refractivity contribution in [3.63, 3.8) is 0 Å². The minimum Gasteiger partial charge on any atom is -0.744 e. The SMILES string of the molecule is COc1ccccc1Nc1cc2c(cc1S(=O)(=O)[O-])NC1=C(CC(Nc3ccccc3)=C3C(S(=O)(=O)[O-])=CC=CC13)[NH+]2c1ccccc1.NC1CCCCC1. The summed E-state index contributed by atoms with van der Waals surface area (Å²) in [7, 11) is -8.39. The summed E-state index contributed by atoms with van der Waals surface area (Å²) >= 11 is 0. The Morgan fingerprint density at radius 1 is 0.818 bits per heavy atom. The van der Waals surface area contributed by atoms with Gasteiger partial charge in [0.1, 0.15) is 43.1 Å². The number of benzene rings is 4. The number of hydrogen-bond acceptors (Lipinski definition) is 11. The molecule has 0 bridgehead atoms. The third-order valence-corrected chi connectivity index (χ3v) is 11.9. The minimum absolute atomic E-state index is 0.0578. The highest BCUT2D eigenvalue weighted by molar-refractivity contribution is 7.90. The largest absolute Gasteiger partial charge is 0.744 e. The number of anilines is 4. The molecule has 0 radical (unpaired) electrons. The van der Waals surface area contributed by atoms with Crippen LogP contribution in [0, 0.1) is 5.92 Å². The van der Waals surface area contributed by atoms with Gasteiger partial charge in [-0.15, -0.1) is 0 Å². The van der Waals surface area contributed by atoms with Gasteiger partial charge in [-0.2, -0.15) is 0 Å². The first-order valence-electron chi connectivity index (χ1n) is 18.0. The molecule has 6 N–H and O–H groups in total. The normalized spacial score (nSPS) is 19.5. The molecular formula is C41H42N5O7S2-. The lowest BCUT2D eigenvalue weighted by Crippen LogP contribution is -3.01. The molecule has 3 aliphatic carbocycles. The van der Waals surface area contributed by atoms with Gasteiger partial charge in [0, 0.05) is 29.1 Å². The quantitative estimate of drug-likeness (QED) is 0.123. The Hall–Kier alpha value is -5.22. The summed E-state index contributed by atoms with van der Waals surface area (Å²) in [5.41, 5.74) is 10.8.